The summed E-state index contributed by atoms with van der Waals surface area (Å²) in [6.45, 7) is 0.569. The zero-order valence-electron chi connectivity index (χ0n) is 10.2. The summed E-state index contributed by atoms with van der Waals surface area (Å²) in [5.41, 5.74) is 4.89. The molecule has 92 valence electrons. The fourth-order valence-corrected chi connectivity index (χ4v) is 1.97. The van der Waals surface area contributed by atoms with E-state index < -0.39 is 0 Å². The van der Waals surface area contributed by atoms with Crippen LogP contribution in [0.3, 0.4) is 0 Å². The van der Waals surface area contributed by atoms with E-state index >= 15 is 0 Å². The van der Waals surface area contributed by atoms with E-state index in [1.54, 1.807) is 7.11 Å². The van der Waals surface area contributed by atoms with Crippen LogP contribution in [0, 0.1) is 0 Å². The number of nitrogens with one attached hydrogen (secondary N) is 1. The lowest BCUT2D eigenvalue weighted by Gasteiger charge is -2.14. The molecule has 1 atom stereocenters. The van der Waals surface area contributed by atoms with Crippen LogP contribution in [0.2, 0.25) is 0 Å². The van der Waals surface area contributed by atoms with Gasteiger partial charge in [0.05, 0.1) is 23.7 Å². The first-order chi connectivity index (χ1) is 8.26. The fourth-order valence-electron chi connectivity index (χ4n) is 1.97. The standard InChI is InChI=1S/C12H18N4O/c1-16-11-6-4-3-5-10(11)14-12(16)7-9(15-13)8-17-2/h3-6,9,15H,7-8,13H2,1-2H3. The summed E-state index contributed by atoms with van der Waals surface area (Å²) in [7, 11) is 3.68. The molecule has 0 amide bonds. The van der Waals surface area contributed by atoms with Crippen molar-refractivity contribution in [1.82, 2.24) is 15.0 Å². The van der Waals surface area contributed by atoms with Gasteiger partial charge >= 0.3 is 0 Å². The number of hydrazine groups is 1. The van der Waals surface area contributed by atoms with Gasteiger partial charge in [-0.25, -0.2) is 4.98 Å². The Morgan fingerprint density at radius 2 is 2.24 bits per heavy atom. The van der Waals surface area contributed by atoms with Gasteiger partial charge in [-0.3, -0.25) is 11.3 Å². The van der Waals surface area contributed by atoms with Crippen LogP contribution in [0.5, 0.6) is 0 Å². The third-order valence-corrected chi connectivity index (χ3v) is 2.91. The highest BCUT2D eigenvalue weighted by atomic mass is 16.5. The Kier molecular flexibility index (Phi) is 3.73. The number of nitrogens with two attached hydrogens (primary N) is 1. The molecule has 0 spiro atoms. The molecule has 0 aliphatic rings. The molecule has 0 saturated heterocycles. The number of hydrogen-bond acceptors (Lipinski definition) is 4. The average molecular weight is 234 g/mol. The third kappa shape index (κ3) is 2.46. The van der Waals surface area contributed by atoms with Crippen LogP contribution in [-0.2, 0) is 18.2 Å². The smallest absolute Gasteiger partial charge is 0.111 e. The molecule has 17 heavy (non-hydrogen) atoms. The number of nitrogens with zero attached hydrogens (tertiary/aromatic N) is 2. The second-order valence-electron chi connectivity index (χ2n) is 4.10. The van der Waals surface area contributed by atoms with Crippen LogP contribution in [0.1, 0.15) is 5.82 Å². The molecule has 2 aromatic rings. The third-order valence-electron chi connectivity index (χ3n) is 2.91. The summed E-state index contributed by atoms with van der Waals surface area (Å²) >= 11 is 0. The molecule has 0 aliphatic carbocycles. The fraction of sp³-hybridized carbons (Fsp3) is 0.417. The van der Waals surface area contributed by atoms with Gasteiger partial charge in [0, 0.05) is 20.6 Å². The molecule has 1 aromatic heterocycles. The first-order valence-corrected chi connectivity index (χ1v) is 5.61. The van der Waals surface area contributed by atoms with Gasteiger partial charge in [-0.15, -0.1) is 0 Å². The molecule has 3 N–H and O–H groups in total. The van der Waals surface area contributed by atoms with E-state index in [2.05, 4.69) is 21.0 Å². The summed E-state index contributed by atoms with van der Waals surface area (Å²) in [6, 6.07) is 8.16. The number of ether oxygens (including phenoxy) is 1. The van der Waals surface area contributed by atoms with Gasteiger partial charge in [-0.1, -0.05) is 12.1 Å². The van der Waals surface area contributed by atoms with E-state index in [-0.39, 0.29) is 6.04 Å². The maximum absolute atomic E-state index is 5.48. The highest BCUT2D eigenvalue weighted by Crippen LogP contribution is 2.15. The molecule has 1 aromatic carbocycles. The molecule has 0 fully saturated rings. The molecular weight excluding hydrogens is 216 g/mol. The number of para-hydroxylation sites is 2. The second-order valence-corrected chi connectivity index (χ2v) is 4.10. The summed E-state index contributed by atoms with van der Waals surface area (Å²) in [5, 5.41) is 0. The Morgan fingerprint density at radius 3 is 2.88 bits per heavy atom. The van der Waals surface area contributed by atoms with Crippen molar-refractivity contribution in [2.45, 2.75) is 12.5 Å². The zero-order chi connectivity index (χ0) is 12.3. The number of fused-ring (bicyclic) bond motifs is 1. The van der Waals surface area contributed by atoms with Crippen molar-refractivity contribution in [2.75, 3.05) is 13.7 Å². The lowest BCUT2D eigenvalue weighted by Crippen LogP contribution is -2.40. The van der Waals surface area contributed by atoms with Gasteiger partial charge < -0.3 is 9.30 Å². The number of methoxy groups -OCH3 is 1. The molecule has 0 saturated carbocycles. The number of imidazole rings is 1. The van der Waals surface area contributed by atoms with E-state index in [4.69, 9.17) is 10.6 Å². The van der Waals surface area contributed by atoms with Gasteiger partial charge in [0.1, 0.15) is 5.82 Å². The largest absolute Gasteiger partial charge is 0.383 e. The Morgan fingerprint density at radius 1 is 1.47 bits per heavy atom. The minimum absolute atomic E-state index is 0.0792. The number of benzene rings is 1. The predicted molar refractivity (Wildman–Crippen MR) is 67.4 cm³/mol. The van der Waals surface area contributed by atoms with Gasteiger partial charge in [-0.05, 0) is 12.1 Å². The normalized spacial score (nSPS) is 13.1. The SMILES string of the molecule is COCC(Cc1nc2ccccc2n1C)NN. The minimum Gasteiger partial charge on any atom is -0.383 e. The van der Waals surface area contributed by atoms with Crippen LogP contribution < -0.4 is 11.3 Å². The number of hydrogen-bond donors (Lipinski definition) is 2. The van der Waals surface area contributed by atoms with Crippen molar-refractivity contribution in [3.63, 3.8) is 0 Å². The van der Waals surface area contributed by atoms with Gasteiger partial charge in [0.25, 0.3) is 0 Å². The Bertz CT molecular complexity index is 494. The predicted octanol–water partition coefficient (Wildman–Crippen LogP) is 0.594. The molecular formula is C12H18N4O. The van der Waals surface area contributed by atoms with Crippen molar-refractivity contribution >= 4 is 11.0 Å². The molecule has 0 bridgehead atoms. The maximum atomic E-state index is 5.48. The Hall–Kier alpha value is -1.43. The molecule has 1 heterocycles. The highest BCUT2D eigenvalue weighted by molar-refractivity contribution is 5.75. The van der Waals surface area contributed by atoms with Crippen molar-refractivity contribution < 1.29 is 4.74 Å². The molecule has 1 unspecified atom stereocenters. The van der Waals surface area contributed by atoms with Crippen molar-refractivity contribution in [3.8, 4) is 0 Å². The molecule has 5 heteroatoms. The summed E-state index contributed by atoms with van der Waals surface area (Å²) < 4.78 is 7.19. The minimum atomic E-state index is 0.0792. The van der Waals surface area contributed by atoms with E-state index in [0.29, 0.717) is 6.61 Å². The maximum Gasteiger partial charge on any atom is 0.111 e. The highest BCUT2D eigenvalue weighted by Gasteiger charge is 2.13. The topological polar surface area (TPSA) is 65.1 Å². The summed E-state index contributed by atoms with van der Waals surface area (Å²) in [6.07, 6.45) is 0.746. The average Bonchev–Trinajstić information content (AvgIpc) is 2.66. The quantitative estimate of drug-likeness (QED) is 0.587. The Balaban J connectivity index is 2.26. The van der Waals surface area contributed by atoms with Crippen molar-refractivity contribution in [1.29, 1.82) is 0 Å². The van der Waals surface area contributed by atoms with Crippen LogP contribution in [0.15, 0.2) is 24.3 Å². The van der Waals surface area contributed by atoms with Crippen molar-refractivity contribution in [2.24, 2.45) is 12.9 Å². The van der Waals surface area contributed by atoms with E-state index in [0.717, 1.165) is 23.3 Å². The van der Waals surface area contributed by atoms with E-state index in [1.165, 1.54) is 0 Å². The molecule has 2 rings (SSSR count). The zero-order valence-corrected chi connectivity index (χ0v) is 10.2. The van der Waals surface area contributed by atoms with Gasteiger partial charge in [0.15, 0.2) is 0 Å². The van der Waals surface area contributed by atoms with Gasteiger partial charge in [-0.2, -0.15) is 0 Å². The van der Waals surface area contributed by atoms with Crippen LogP contribution in [0.4, 0.5) is 0 Å². The number of aromatic nitrogens is 2. The van der Waals surface area contributed by atoms with Gasteiger partial charge in [0.2, 0.25) is 0 Å². The summed E-state index contributed by atoms with van der Waals surface area (Å²) in [4.78, 5) is 4.59. The van der Waals surface area contributed by atoms with Crippen molar-refractivity contribution in [3.05, 3.63) is 30.1 Å². The monoisotopic (exact) mass is 234 g/mol. The molecule has 0 radical (unpaired) electrons. The first-order valence-electron chi connectivity index (χ1n) is 5.61. The van der Waals surface area contributed by atoms with Crippen LogP contribution in [-0.4, -0.2) is 29.3 Å². The van der Waals surface area contributed by atoms with E-state index in [9.17, 15) is 0 Å². The molecule has 5 nitrogen and oxygen atoms in total. The first kappa shape index (κ1) is 12.0. The Labute approximate surface area is 101 Å². The lowest BCUT2D eigenvalue weighted by molar-refractivity contribution is 0.165. The summed E-state index contributed by atoms with van der Waals surface area (Å²) in [5.74, 6) is 6.49. The number of rotatable bonds is 5. The van der Waals surface area contributed by atoms with Crippen LogP contribution in [0.25, 0.3) is 11.0 Å². The van der Waals surface area contributed by atoms with E-state index in [1.807, 2.05) is 25.2 Å². The second kappa shape index (κ2) is 5.27. The molecule has 0 aliphatic heterocycles. The van der Waals surface area contributed by atoms with Crippen LogP contribution >= 0.6 is 0 Å². The lowest BCUT2D eigenvalue weighted by atomic mass is 10.2. The number of aryl methyl sites for hydroxylation is 1.